The Labute approximate surface area is 186 Å². The highest BCUT2D eigenvalue weighted by Crippen LogP contribution is 2.53. The molecule has 0 aromatic heterocycles. The van der Waals surface area contributed by atoms with Gasteiger partial charge in [-0.2, -0.15) is 0 Å². The number of halogens is 1. The summed E-state index contributed by atoms with van der Waals surface area (Å²) in [6, 6.07) is 14.9. The SMILES string of the molecule is CCOC(=O)C1CC(Cl)=C(Cc2ccccc2C)C(=O)C12C(=O)N(C)c1ccccc12. The summed E-state index contributed by atoms with van der Waals surface area (Å²) in [6.45, 7) is 3.83. The van der Waals surface area contributed by atoms with Crippen molar-refractivity contribution in [2.24, 2.45) is 5.92 Å². The molecule has 1 aliphatic carbocycles. The van der Waals surface area contributed by atoms with E-state index in [-0.39, 0.29) is 13.0 Å². The van der Waals surface area contributed by atoms with Crippen LogP contribution < -0.4 is 4.90 Å². The normalized spacial score (nSPS) is 22.8. The standard InChI is InChI=1S/C25H24ClNO4/c1-4-31-23(29)19-14-20(26)17(13-16-10-6-5-9-15(16)2)22(28)25(19)18-11-7-8-12-21(18)27(3)24(25)30/h5-12,19H,4,13-14H2,1-3H3. The third-order valence-corrected chi connectivity index (χ3v) is 6.78. The number of likely N-dealkylation sites (N-methyl/N-ethyl adjacent to an activating group) is 1. The Morgan fingerprint density at radius 3 is 2.55 bits per heavy atom. The van der Waals surface area contributed by atoms with Crippen molar-refractivity contribution in [1.82, 2.24) is 0 Å². The van der Waals surface area contributed by atoms with Crippen LogP contribution in [0.4, 0.5) is 5.69 Å². The Balaban J connectivity index is 1.92. The smallest absolute Gasteiger partial charge is 0.311 e. The van der Waals surface area contributed by atoms with E-state index in [0.717, 1.165) is 11.1 Å². The van der Waals surface area contributed by atoms with Gasteiger partial charge in [-0.25, -0.2) is 0 Å². The maximum atomic E-state index is 14.1. The number of anilines is 1. The number of nitrogens with zero attached hydrogens (tertiary/aromatic N) is 1. The first-order chi connectivity index (χ1) is 14.8. The minimum absolute atomic E-state index is 0.0846. The van der Waals surface area contributed by atoms with Gasteiger partial charge in [-0.1, -0.05) is 54.1 Å². The fourth-order valence-electron chi connectivity index (χ4n) is 4.80. The molecular weight excluding hydrogens is 414 g/mol. The number of carbonyl (C=O) groups is 3. The lowest BCUT2D eigenvalue weighted by Crippen LogP contribution is -2.56. The lowest BCUT2D eigenvalue weighted by molar-refractivity contribution is -0.156. The zero-order valence-electron chi connectivity index (χ0n) is 17.8. The van der Waals surface area contributed by atoms with E-state index in [1.165, 1.54) is 4.90 Å². The van der Waals surface area contributed by atoms with Gasteiger partial charge in [0.15, 0.2) is 11.2 Å². The van der Waals surface area contributed by atoms with Crippen LogP contribution in [0.3, 0.4) is 0 Å². The molecule has 1 heterocycles. The number of hydrogen-bond donors (Lipinski definition) is 0. The lowest BCUT2D eigenvalue weighted by atomic mass is 9.61. The summed E-state index contributed by atoms with van der Waals surface area (Å²) in [7, 11) is 1.63. The number of ketones is 1. The summed E-state index contributed by atoms with van der Waals surface area (Å²) >= 11 is 6.62. The molecule has 5 nitrogen and oxygen atoms in total. The minimum Gasteiger partial charge on any atom is -0.466 e. The predicted molar refractivity (Wildman–Crippen MR) is 119 cm³/mol. The third kappa shape index (κ3) is 3.10. The largest absolute Gasteiger partial charge is 0.466 e. The second-order valence-electron chi connectivity index (χ2n) is 8.01. The molecule has 160 valence electrons. The van der Waals surface area contributed by atoms with Crippen LogP contribution in [0.2, 0.25) is 0 Å². The molecular formula is C25H24ClNO4. The summed E-state index contributed by atoms with van der Waals surface area (Å²) in [4.78, 5) is 42.3. The second-order valence-corrected chi connectivity index (χ2v) is 8.47. The summed E-state index contributed by atoms with van der Waals surface area (Å²) in [5, 5.41) is 0.316. The van der Waals surface area contributed by atoms with Crippen molar-refractivity contribution in [3.05, 3.63) is 75.8 Å². The molecule has 2 aromatic rings. The van der Waals surface area contributed by atoms with Crippen molar-refractivity contribution >= 4 is 34.9 Å². The monoisotopic (exact) mass is 437 g/mol. The molecule has 0 saturated carbocycles. The number of para-hydroxylation sites is 1. The molecule has 0 fully saturated rings. The topological polar surface area (TPSA) is 63.7 Å². The van der Waals surface area contributed by atoms with E-state index in [9.17, 15) is 14.4 Å². The highest BCUT2D eigenvalue weighted by atomic mass is 35.5. The van der Waals surface area contributed by atoms with Crippen LogP contribution in [-0.2, 0) is 31.0 Å². The third-order valence-electron chi connectivity index (χ3n) is 6.40. The molecule has 1 aliphatic heterocycles. The average Bonchev–Trinajstić information content (AvgIpc) is 2.98. The Morgan fingerprint density at radius 2 is 1.84 bits per heavy atom. The van der Waals surface area contributed by atoms with Crippen molar-refractivity contribution < 1.29 is 19.1 Å². The molecule has 1 amide bonds. The van der Waals surface area contributed by atoms with Gasteiger partial charge < -0.3 is 9.64 Å². The number of benzene rings is 2. The Kier molecular flexibility index (Phi) is 5.48. The van der Waals surface area contributed by atoms with E-state index in [0.29, 0.717) is 28.3 Å². The number of esters is 1. The van der Waals surface area contributed by atoms with Gasteiger partial charge in [-0.05, 0) is 37.5 Å². The van der Waals surface area contributed by atoms with Crippen LogP contribution in [0, 0.1) is 12.8 Å². The fraction of sp³-hybridized carbons (Fsp3) is 0.320. The molecule has 6 heteroatoms. The van der Waals surface area contributed by atoms with Crippen molar-refractivity contribution in [2.45, 2.75) is 32.1 Å². The number of amides is 1. The number of Topliss-reactive ketones (excluding diaryl/α,β-unsaturated/α-hetero) is 1. The van der Waals surface area contributed by atoms with Crippen LogP contribution in [0.15, 0.2) is 59.1 Å². The molecule has 2 aliphatic rings. The second kappa shape index (κ2) is 7.97. The first-order valence-corrected chi connectivity index (χ1v) is 10.7. The van der Waals surface area contributed by atoms with Gasteiger partial charge in [0, 0.05) is 35.3 Å². The molecule has 4 rings (SSSR count). The summed E-state index contributed by atoms with van der Waals surface area (Å²) in [6.07, 6.45) is 0.391. The van der Waals surface area contributed by atoms with E-state index >= 15 is 0 Å². The van der Waals surface area contributed by atoms with Crippen LogP contribution >= 0.6 is 11.6 Å². The predicted octanol–water partition coefficient (Wildman–Crippen LogP) is 4.10. The lowest BCUT2D eigenvalue weighted by Gasteiger charge is -2.38. The molecule has 2 aromatic carbocycles. The van der Waals surface area contributed by atoms with Gasteiger partial charge in [0.05, 0.1) is 12.5 Å². The van der Waals surface area contributed by atoms with E-state index in [1.54, 1.807) is 32.2 Å². The average molecular weight is 438 g/mol. The van der Waals surface area contributed by atoms with Gasteiger partial charge in [-0.15, -0.1) is 0 Å². The fourth-order valence-corrected chi connectivity index (χ4v) is 5.10. The van der Waals surface area contributed by atoms with Crippen LogP contribution in [0.25, 0.3) is 0 Å². The zero-order valence-corrected chi connectivity index (χ0v) is 18.5. The summed E-state index contributed by atoms with van der Waals surface area (Å²) in [5.74, 6) is -2.41. The molecule has 2 unspecified atom stereocenters. The molecule has 0 bridgehead atoms. The van der Waals surface area contributed by atoms with E-state index in [2.05, 4.69) is 0 Å². The van der Waals surface area contributed by atoms with Crippen molar-refractivity contribution in [2.75, 3.05) is 18.6 Å². The van der Waals surface area contributed by atoms with E-state index < -0.39 is 29.0 Å². The Bertz CT molecular complexity index is 1120. The number of ether oxygens (including phenoxy) is 1. The number of rotatable bonds is 4. The highest BCUT2D eigenvalue weighted by Gasteiger charge is 2.64. The Morgan fingerprint density at radius 1 is 1.16 bits per heavy atom. The number of hydrogen-bond acceptors (Lipinski definition) is 4. The molecule has 0 N–H and O–H groups in total. The van der Waals surface area contributed by atoms with Crippen molar-refractivity contribution in [1.29, 1.82) is 0 Å². The molecule has 0 radical (unpaired) electrons. The van der Waals surface area contributed by atoms with Gasteiger partial charge in [0.2, 0.25) is 5.91 Å². The summed E-state index contributed by atoms with van der Waals surface area (Å²) < 4.78 is 5.29. The molecule has 2 atom stereocenters. The van der Waals surface area contributed by atoms with Gasteiger partial charge in [-0.3, -0.25) is 14.4 Å². The van der Waals surface area contributed by atoms with Gasteiger partial charge in [0.1, 0.15) is 0 Å². The van der Waals surface area contributed by atoms with Crippen molar-refractivity contribution in [3.8, 4) is 0 Å². The van der Waals surface area contributed by atoms with E-state index in [1.807, 2.05) is 37.3 Å². The molecule has 0 saturated heterocycles. The van der Waals surface area contributed by atoms with Gasteiger partial charge >= 0.3 is 5.97 Å². The molecule has 31 heavy (non-hydrogen) atoms. The first-order valence-electron chi connectivity index (χ1n) is 10.3. The quantitative estimate of drug-likeness (QED) is 0.533. The maximum absolute atomic E-state index is 14.1. The number of carbonyl (C=O) groups excluding carboxylic acids is 3. The number of aryl methyl sites for hydroxylation is 1. The number of allylic oxidation sites excluding steroid dienone is 2. The van der Waals surface area contributed by atoms with Gasteiger partial charge in [0.25, 0.3) is 0 Å². The van der Waals surface area contributed by atoms with Crippen molar-refractivity contribution in [3.63, 3.8) is 0 Å². The first kappa shape index (κ1) is 21.3. The molecule has 1 spiro atoms. The van der Waals surface area contributed by atoms with E-state index in [4.69, 9.17) is 16.3 Å². The number of fused-ring (bicyclic) bond motifs is 2. The van der Waals surface area contributed by atoms with Crippen LogP contribution in [0.1, 0.15) is 30.0 Å². The van der Waals surface area contributed by atoms with Crippen LogP contribution in [-0.4, -0.2) is 31.3 Å². The minimum atomic E-state index is -1.66. The summed E-state index contributed by atoms with van der Waals surface area (Å²) in [5.41, 5.74) is 1.88. The Hall–Kier alpha value is -2.92. The zero-order chi connectivity index (χ0) is 22.3. The maximum Gasteiger partial charge on any atom is 0.311 e. The van der Waals surface area contributed by atoms with Crippen LogP contribution in [0.5, 0.6) is 0 Å². The highest BCUT2D eigenvalue weighted by molar-refractivity contribution is 6.37.